The summed E-state index contributed by atoms with van der Waals surface area (Å²) in [4.78, 5) is 31.9. The van der Waals surface area contributed by atoms with E-state index >= 15 is 0 Å². The number of aliphatic hydroxyl groups excluding tert-OH is 1. The van der Waals surface area contributed by atoms with E-state index in [2.05, 4.69) is 4.98 Å². The fourth-order valence-corrected chi connectivity index (χ4v) is 3.92. The molecule has 1 fully saturated rings. The monoisotopic (exact) mass is 430 g/mol. The van der Waals surface area contributed by atoms with Gasteiger partial charge in [0, 0.05) is 24.1 Å². The van der Waals surface area contributed by atoms with E-state index < -0.39 is 17.7 Å². The number of carbonyl (C=O) groups is 2. The minimum absolute atomic E-state index is 0.0204. The predicted molar refractivity (Wildman–Crippen MR) is 120 cm³/mol. The Hall–Kier alpha value is -4.13. The molecule has 1 N–H and O–H groups in total. The van der Waals surface area contributed by atoms with E-state index in [1.807, 2.05) is 19.1 Å². The molecule has 0 spiro atoms. The molecule has 32 heavy (non-hydrogen) atoms. The molecule has 1 amide bonds. The molecule has 2 aromatic carbocycles. The molecule has 1 aliphatic heterocycles. The molecule has 1 aromatic heterocycles. The maximum absolute atomic E-state index is 13.2. The maximum Gasteiger partial charge on any atom is 0.300 e. The van der Waals surface area contributed by atoms with Gasteiger partial charge in [0.05, 0.1) is 31.4 Å². The molecule has 3 aromatic rings. The molecule has 7 heteroatoms. The van der Waals surface area contributed by atoms with Gasteiger partial charge < -0.3 is 14.6 Å². The number of methoxy groups -OCH3 is 2. The SMILES string of the molecule is COc1ccc(/C(O)=C2/C(=O)C(=O)N(c3ccccc3C)C2c2ccncc2)c(OC)c1. The first-order chi connectivity index (χ1) is 15.5. The van der Waals surface area contributed by atoms with E-state index in [1.165, 1.54) is 19.1 Å². The van der Waals surface area contributed by atoms with Crippen LogP contribution in [0.1, 0.15) is 22.7 Å². The van der Waals surface area contributed by atoms with Gasteiger partial charge in [0.1, 0.15) is 17.3 Å². The van der Waals surface area contributed by atoms with Gasteiger partial charge in [0.2, 0.25) is 0 Å². The lowest BCUT2D eigenvalue weighted by Gasteiger charge is -2.26. The third-order valence-corrected chi connectivity index (χ3v) is 5.51. The number of hydrogen-bond acceptors (Lipinski definition) is 6. The van der Waals surface area contributed by atoms with E-state index in [-0.39, 0.29) is 16.9 Å². The minimum atomic E-state index is -0.828. The van der Waals surface area contributed by atoms with Crippen LogP contribution in [-0.4, -0.2) is 36.0 Å². The number of aromatic nitrogens is 1. The number of aliphatic hydroxyl groups is 1. The molecule has 7 nitrogen and oxygen atoms in total. The lowest BCUT2D eigenvalue weighted by molar-refractivity contribution is -0.132. The van der Waals surface area contributed by atoms with Crippen molar-refractivity contribution in [3.05, 3.63) is 89.3 Å². The normalized spacial score (nSPS) is 17.5. The summed E-state index contributed by atoms with van der Waals surface area (Å²) < 4.78 is 10.6. The fourth-order valence-electron chi connectivity index (χ4n) is 3.92. The maximum atomic E-state index is 13.2. The minimum Gasteiger partial charge on any atom is -0.507 e. The summed E-state index contributed by atoms with van der Waals surface area (Å²) in [5.41, 5.74) is 2.34. The Morgan fingerprint density at radius 3 is 2.38 bits per heavy atom. The van der Waals surface area contributed by atoms with Gasteiger partial charge in [-0.2, -0.15) is 0 Å². The highest BCUT2D eigenvalue weighted by Gasteiger charge is 2.47. The first-order valence-electron chi connectivity index (χ1n) is 9.97. The molecule has 0 radical (unpaired) electrons. The van der Waals surface area contributed by atoms with Crippen molar-refractivity contribution >= 4 is 23.1 Å². The molecule has 0 bridgehead atoms. The van der Waals surface area contributed by atoms with Crippen molar-refractivity contribution in [2.24, 2.45) is 0 Å². The number of carbonyl (C=O) groups excluding carboxylic acids is 2. The molecule has 1 atom stereocenters. The lowest BCUT2D eigenvalue weighted by Crippen LogP contribution is -2.30. The summed E-state index contributed by atoms with van der Waals surface area (Å²) in [6.07, 6.45) is 3.17. The quantitative estimate of drug-likeness (QED) is 0.373. The number of aryl methyl sites for hydroxylation is 1. The number of Topliss-reactive ketones (excluding diaryl/α,β-unsaturated/α-hetero) is 1. The van der Waals surface area contributed by atoms with Gasteiger partial charge in [0.25, 0.3) is 11.7 Å². The van der Waals surface area contributed by atoms with Crippen LogP contribution in [0.4, 0.5) is 5.69 Å². The second-order valence-corrected chi connectivity index (χ2v) is 7.30. The summed E-state index contributed by atoms with van der Waals surface area (Å²) in [6.45, 7) is 1.87. The van der Waals surface area contributed by atoms with Crippen molar-refractivity contribution in [2.45, 2.75) is 13.0 Å². The first kappa shape index (κ1) is 21.1. The zero-order chi connectivity index (χ0) is 22.8. The lowest BCUT2D eigenvalue weighted by atomic mass is 9.95. The highest BCUT2D eigenvalue weighted by molar-refractivity contribution is 6.51. The third kappa shape index (κ3) is 3.47. The molecule has 4 rings (SSSR count). The van der Waals surface area contributed by atoms with Crippen LogP contribution in [0.15, 0.2) is 72.6 Å². The van der Waals surface area contributed by atoms with Crippen LogP contribution >= 0.6 is 0 Å². The summed E-state index contributed by atoms with van der Waals surface area (Å²) in [5.74, 6) is -0.955. The number of anilines is 1. The Kier molecular flexibility index (Phi) is 5.64. The second-order valence-electron chi connectivity index (χ2n) is 7.30. The van der Waals surface area contributed by atoms with Gasteiger partial charge in [-0.1, -0.05) is 18.2 Å². The standard InChI is InChI=1S/C25H22N2O5/c1-15-6-4-5-7-19(15)27-22(16-10-12-26-13-11-16)21(24(29)25(27)30)23(28)18-9-8-17(31-2)14-20(18)32-3/h4-14,22,28H,1-3H3/b23-21-. The molecule has 1 aliphatic rings. The van der Waals surface area contributed by atoms with Crippen LogP contribution in [0.2, 0.25) is 0 Å². The predicted octanol–water partition coefficient (Wildman–Crippen LogP) is 4.03. The highest BCUT2D eigenvalue weighted by Crippen LogP contribution is 2.44. The smallest absolute Gasteiger partial charge is 0.300 e. The zero-order valence-corrected chi connectivity index (χ0v) is 17.9. The van der Waals surface area contributed by atoms with Gasteiger partial charge in [0.15, 0.2) is 0 Å². The molecule has 0 aliphatic carbocycles. The Balaban J connectivity index is 1.97. The molecule has 2 heterocycles. The van der Waals surface area contributed by atoms with E-state index in [1.54, 1.807) is 54.9 Å². The van der Waals surface area contributed by atoms with Gasteiger partial charge in [-0.05, 0) is 48.4 Å². The van der Waals surface area contributed by atoms with Crippen molar-refractivity contribution in [3.8, 4) is 11.5 Å². The highest BCUT2D eigenvalue weighted by atomic mass is 16.5. The van der Waals surface area contributed by atoms with E-state index in [9.17, 15) is 14.7 Å². The van der Waals surface area contributed by atoms with Gasteiger partial charge in [-0.3, -0.25) is 19.5 Å². The summed E-state index contributed by atoms with van der Waals surface area (Å²) >= 11 is 0. The fraction of sp³-hybridized carbons (Fsp3) is 0.160. The summed E-state index contributed by atoms with van der Waals surface area (Å²) in [6, 6.07) is 14.8. The number of para-hydroxylation sites is 1. The van der Waals surface area contributed by atoms with Gasteiger partial charge >= 0.3 is 0 Å². The van der Waals surface area contributed by atoms with Crippen molar-refractivity contribution in [3.63, 3.8) is 0 Å². The molecule has 1 saturated heterocycles. The number of hydrogen-bond donors (Lipinski definition) is 1. The number of nitrogens with zero attached hydrogens (tertiary/aromatic N) is 2. The molecule has 162 valence electrons. The van der Waals surface area contributed by atoms with Crippen LogP contribution in [-0.2, 0) is 9.59 Å². The average Bonchev–Trinajstić information content (AvgIpc) is 3.09. The first-order valence-corrected chi connectivity index (χ1v) is 9.97. The van der Waals surface area contributed by atoms with Crippen molar-refractivity contribution in [1.29, 1.82) is 0 Å². The van der Waals surface area contributed by atoms with E-state index in [0.717, 1.165) is 5.56 Å². The zero-order valence-electron chi connectivity index (χ0n) is 17.9. The molecule has 0 saturated carbocycles. The second kappa shape index (κ2) is 8.55. The Morgan fingerprint density at radius 2 is 1.72 bits per heavy atom. The topological polar surface area (TPSA) is 89.0 Å². The number of ketones is 1. The average molecular weight is 430 g/mol. The van der Waals surface area contributed by atoms with Crippen molar-refractivity contribution < 1.29 is 24.2 Å². The van der Waals surface area contributed by atoms with E-state index in [0.29, 0.717) is 22.7 Å². The van der Waals surface area contributed by atoms with Crippen LogP contribution in [0.5, 0.6) is 11.5 Å². The summed E-state index contributed by atoms with van der Waals surface area (Å²) in [5, 5.41) is 11.3. The van der Waals surface area contributed by atoms with Gasteiger partial charge in [-0.15, -0.1) is 0 Å². The van der Waals surface area contributed by atoms with Gasteiger partial charge in [-0.25, -0.2) is 0 Å². The molecular formula is C25H22N2O5. The number of ether oxygens (including phenoxy) is 2. The molecular weight excluding hydrogens is 408 g/mol. The van der Waals surface area contributed by atoms with E-state index in [4.69, 9.17) is 9.47 Å². The number of benzene rings is 2. The largest absolute Gasteiger partial charge is 0.507 e. The number of amides is 1. The Labute approximate surface area is 185 Å². The summed E-state index contributed by atoms with van der Waals surface area (Å²) in [7, 11) is 2.98. The Bertz CT molecular complexity index is 1220. The van der Waals surface area contributed by atoms with Crippen LogP contribution in [0.3, 0.4) is 0 Å². The van der Waals surface area contributed by atoms with Crippen LogP contribution in [0, 0.1) is 6.92 Å². The molecule has 1 unspecified atom stereocenters. The number of rotatable bonds is 5. The van der Waals surface area contributed by atoms with Crippen LogP contribution in [0.25, 0.3) is 5.76 Å². The number of pyridine rings is 1. The van der Waals surface area contributed by atoms with Crippen molar-refractivity contribution in [1.82, 2.24) is 4.98 Å². The third-order valence-electron chi connectivity index (χ3n) is 5.51. The van der Waals surface area contributed by atoms with Crippen LogP contribution < -0.4 is 14.4 Å². The Morgan fingerprint density at radius 1 is 1.00 bits per heavy atom. The van der Waals surface area contributed by atoms with Crippen molar-refractivity contribution in [2.75, 3.05) is 19.1 Å².